The van der Waals surface area contributed by atoms with Crippen molar-refractivity contribution >= 4 is 44.2 Å². The zero-order valence-corrected chi connectivity index (χ0v) is 12.5. The van der Waals surface area contributed by atoms with Crippen LogP contribution < -0.4 is 4.90 Å². The summed E-state index contributed by atoms with van der Waals surface area (Å²) in [6.45, 7) is 0. The highest BCUT2D eigenvalue weighted by Crippen LogP contribution is 2.27. The van der Waals surface area contributed by atoms with Gasteiger partial charge in [0.2, 0.25) is 11.8 Å². The molecule has 0 aromatic heterocycles. The van der Waals surface area contributed by atoms with Crippen LogP contribution >= 0.6 is 15.9 Å². The number of nitrogens with zero attached hydrogens (tertiary/aromatic N) is 1. The average Bonchev–Trinajstić information content (AvgIpc) is 2.59. The molecule has 2 amide bonds. The molecule has 2 aromatic carbocycles. The second-order valence-electron chi connectivity index (χ2n) is 5.01. The fourth-order valence-electron chi connectivity index (χ4n) is 2.55. The fourth-order valence-corrected chi connectivity index (χ4v) is 2.92. The molecule has 102 valence electrons. The van der Waals surface area contributed by atoms with Gasteiger partial charge in [-0.2, -0.15) is 0 Å². The lowest BCUT2D eigenvalue weighted by molar-refractivity contribution is -0.125. The summed E-state index contributed by atoms with van der Waals surface area (Å²) in [6, 6.07) is 11.7. The average molecular weight is 332 g/mol. The van der Waals surface area contributed by atoms with Gasteiger partial charge in [-0.05, 0) is 47.9 Å². The number of imide groups is 1. The Hall–Kier alpha value is -1.68. The normalized spacial score (nSPS) is 16.6. The van der Waals surface area contributed by atoms with Crippen molar-refractivity contribution in [1.82, 2.24) is 0 Å². The lowest BCUT2D eigenvalue weighted by atomic mass is 10.1. The molecular weight excluding hydrogens is 318 g/mol. The number of anilines is 1. The van der Waals surface area contributed by atoms with Crippen molar-refractivity contribution in [1.29, 1.82) is 0 Å². The topological polar surface area (TPSA) is 37.4 Å². The van der Waals surface area contributed by atoms with Crippen LogP contribution in [0, 0.1) is 0 Å². The first kappa shape index (κ1) is 13.3. The molecule has 0 N–H and O–H groups in total. The quantitative estimate of drug-likeness (QED) is 0.739. The van der Waals surface area contributed by atoms with E-state index in [-0.39, 0.29) is 11.8 Å². The van der Waals surface area contributed by atoms with E-state index in [1.807, 2.05) is 36.4 Å². The van der Waals surface area contributed by atoms with Gasteiger partial charge in [-0.25, -0.2) is 0 Å². The van der Waals surface area contributed by atoms with E-state index in [0.29, 0.717) is 18.5 Å². The number of benzene rings is 2. The number of halogens is 1. The van der Waals surface area contributed by atoms with Crippen molar-refractivity contribution in [2.75, 3.05) is 4.90 Å². The second-order valence-corrected chi connectivity index (χ2v) is 5.92. The molecule has 1 aliphatic rings. The minimum Gasteiger partial charge on any atom is -0.274 e. The van der Waals surface area contributed by atoms with Gasteiger partial charge >= 0.3 is 0 Å². The first-order valence-corrected chi connectivity index (χ1v) is 7.49. The van der Waals surface area contributed by atoms with E-state index in [4.69, 9.17) is 0 Å². The monoisotopic (exact) mass is 331 g/mol. The number of amides is 2. The molecule has 4 heteroatoms. The van der Waals surface area contributed by atoms with Gasteiger partial charge in [0.05, 0.1) is 5.69 Å². The predicted molar refractivity (Wildman–Crippen MR) is 82.6 cm³/mol. The van der Waals surface area contributed by atoms with Crippen LogP contribution in [-0.4, -0.2) is 11.8 Å². The highest BCUT2D eigenvalue weighted by Gasteiger charge is 2.25. The summed E-state index contributed by atoms with van der Waals surface area (Å²) in [5.74, 6) is -0.187. The largest absolute Gasteiger partial charge is 0.274 e. The van der Waals surface area contributed by atoms with Gasteiger partial charge in [-0.3, -0.25) is 14.5 Å². The molecule has 0 saturated carbocycles. The number of carbonyl (C=O) groups is 2. The van der Waals surface area contributed by atoms with Gasteiger partial charge in [-0.1, -0.05) is 28.1 Å². The molecule has 0 radical (unpaired) electrons. The molecule has 0 unspecified atom stereocenters. The Bertz CT molecular complexity index is 678. The van der Waals surface area contributed by atoms with E-state index in [2.05, 4.69) is 15.9 Å². The molecule has 0 aliphatic carbocycles. The molecule has 20 heavy (non-hydrogen) atoms. The summed E-state index contributed by atoms with van der Waals surface area (Å²) in [4.78, 5) is 25.6. The number of hydrogen-bond donors (Lipinski definition) is 0. The molecule has 3 nitrogen and oxygen atoms in total. The van der Waals surface area contributed by atoms with E-state index in [1.54, 1.807) is 0 Å². The van der Waals surface area contributed by atoms with Gasteiger partial charge < -0.3 is 0 Å². The van der Waals surface area contributed by atoms with E-state index in [1.165, 1.54) is 4.90 Å². The molecule has 1 aliphatic heterocycles. The summed E-state index contributed by atoms with van der Waals surface area (Å²) in [5.41, 5.74) is 0.678. The van der Waals surface area contributed by atoms with Gasteiger partial charge in [0.25, 0.3) is 0 Å². The molecule has 1 fully saturated rings. The summed E-state index contributed by atoms with van der Waals surface area (Å²) >= 11 is 3.44. The number of fused-ring (bicyclic) bond motifs is 1. The van der Waals surface area contributed by atoms with Gasteiger partial charge in [0, 0.05) is 17.3 Å². The van der Waals surface area contributed by atoms with Crippen molar-refractivity contribution in [2.24, 2.45) is 0 Å². The lowest BCUT2D eigenvalue weighted by Crippen LogP contribution is -2.34. The SMILES string of the molecule is O=C1CCCCC(=O)N1c1ccc2cc(Br)ccc2c1. The predicted octanol–water partition coefficient (Wildman–Crippen LogP) is 4.04. The summed E-state index contributed by atoms with van der Waals surface area (Å²) in [6.07, 6.45) is 2.48. The molecule has 3 rings (SSSR count). The Kier molecular flexibility index (Phi) is 3.57. The van der Waals surface area contributed by atoms with Crippen LogP contribution in [0.5, 0.6) is 0 Å². The number of rotatable bonds is 1. The maximum atomic E-state index is 12.1. The molecule has 0 atom stereocenters. The second kappa shape index (κ2) is 5.37. The van der Waals surface area contributed by atoms with Crippen LogP contribution in [0.25, 0.3) is 10.8 Å². The molecule has 1 saturated heterocycles. The standard InChI is InChI=1S/C16H14BrNO2/c17-13-7-5-12-10-14(8-6-11(12)9-13)18-15(19)3-1-2-4-16(18)20/h5-10H,1-4H2. The first-order chi connectivity index (χ1) is 9.65. The maximum Gasteiger partial charge on any atom is 0.233 e. The Morgan fingerprint density at radius 3 is 2.15 bits per heavy atom. The third kappa shape index (κ3) is 2.48. The molecular formula is C16H14BrNO2. The van der Waals surface area contributed by atoms with Crippen LogP contribution in [0.4, 0.5) is 5.69 Å². The van der Waals surface area contributed by atoms with Gasteiger partial charge in [0.1, 0.15) is 0 Å². The van der Waals surface area contributed by atoms with Crippen LogP contribution in [-0.2, 0) is 9.59 Å². The fraction of sp³-hybridized carbons (Fsp3) is 0.250. The van der Waals surface area contributed by atoms with Gasteiger partial charge in [0.15, 0.2) is 0 Å². The molecule has 0 spiro atoms. The van der Waals surface area contributed by atoms with Crippen molar-refractivity contribution < 1.29 is 9.59 Å². The summed E-state index contributed by atoms with van der Waals surface area (Å²) in [5, 5.41) is 2.10. The third-order valence-corrected chi connectivity index (χ3v) is 4.07. The van der Waals surface area contributed by atoms with E-state index < -0.39 is 0 Å². The number of hydrogen-bond acceptors (Lipinski definition) is 2. The van der Waals surface area contributed by atoms with E-state index in [0.717, 1.165) is 28.1 Å². The summed E-state index contributed by atoms with van der Waals surface area (Å²) < 4.78 is 1.01. The van der Waals surface area contributed by atoms with Crippen molar-refractivity contribution in [3.05, 3.63) is 40.9 Å². The highest BCUT2D eigenvalue weighted by atomic mass is 79.9. The van der Waals surface area contributed by atoms with Crippen molar-refractivity contribution in [3.63, 3.8) is 0 Å². The molecule has 2 aromatic rings. The minimum absolute atomic E-state index is 0.0936. The first-order valence-electron chi connectivity index (χ1n) is 6.70. The lowest BCUT2D eigenvalue weighted by Gasteiger charge is -2.19. The molecule has 0 bridgehead atoms. The van der Waals surface area contributed by atoms with E-state index >= 15 is 0 Å². The number of carbonyl (C=O) groups excluding carboxylic acids is 2. The van der Waals surface area contributed by atoms with Crippen molar-refractivity contribution in [3.8, 4) is 0 Å². The Morgan fingerprint density at radius 1 is 0.850 bits per heavy atom. The van der Waals surface area contributed by atoms with E-state index in [9.17, 15) is 9.59 Å². The zero-order chi connectivity index (χ0) is 14.1. The van der Waals surface area contributed by atoms with Crippen molar-refractivity contribution in [2.45, 2.75) is 25.7 Å². The van der Waals surface area contributed by atoms with Crippen LogP contribution in [0.1, 0.15) is 25.7 Å². The Balaban J connectivity index is 2.06. The van der Waals surface area contributed by atoms with Crippen LogP contribution in [0.3, 0.4) is 0 Å². The highest BCUT2D eigenvalue weighted by molar-refractivity contribution is 9.10. The Morgan fingerprint density at radius 2 is 1.45 bits per heavy atom. The molecule has 1 heterocycles. The van der Waals surface area contributed by atoms with Crippen LogP contribution in [0.2, 0.25) is 0 Å². The Labute approximate surface area is 125 Å². The zero-order valence-electron chi connectivity index (χ0n) is 10.9. The van der Waals surface area contributed by atoms with Crippen LogP contribution in [0.15, 0.2) is 40.9 Å². The third-order valence-electron chi connectivity index (χ3n) is 3.57. The maximum absolute atomic E-state index is 12.1. The minimum atomic E-state index is -0.0936. The van der Waals surface area contributed by atoms with Gasteiger partial charge in [-0.15, -0.1) is 0 Å². The smallest absolute Gasteiger partial charge is 0.233 e. The summed E-state index contributed by atoms with van der Waals surface area (Å²) in [7, 11) is 0.